The minimum absolute atomic E-state index is 0.00396. The summed E-state index contributed by atoms with van der Waals surface area (Å²) < 4.78 is 0. The minimum Gasteiger partial charge on any atom is -0.481 e. The van der Waals surface area contributed by atoms with Crippen LogP contribution in [0.4, 0.5) is 0 Å². The van der Waals surface area contributed by atoms with Crippen molar-refractivity contribution in [1.29, 1.82) is 0 Å². The Morgan fingerprint density at radius 3 is 2.25 bits per heavy atom. The molecule has 2 aliphatic rings. The van der Waals surface area contributed by atoms with Crippen molar-refractivity contribution < 1.29 is 19.5 Å². The predicted octanol–water partition coefficient (Wildman–Crippen LogP) is 2.72. The molecule has 0 aliphatic carbocycles. The maximum Gasteiger partial charge on any atom is 0.308 e. The molecule has 1 aromatic carbocycles. The van der Waals surface area contributed by atoms with E-state index in [4.69, 9.17) is 0 Å². The van der Waals surface area contributed by atoms with E-state index in [0.717, 1.165) is 24.0 Å². The molecule has 0 spiro atoms. The monoisotopic (exact) mass is 386 g/mol. The average molecular weight is 386 g/mol. The Morgan fingerprint density at radius 1 is 0.964 bits per heavy atom. The van der Waals surface area contributed by atoms with Crippen molar-refractivity contribution in [2.75, 3.05) is 26.2 Å². The van der Waals surface area contributed by atoms with Crippen molar-refractivity contribution in [2.24, 2.45) is 17.8 Å². The molecule has 152 valence electrons. The number of rotatable bonds is 3. The molecule has 0 aromatic heterocycles. The van der Waals surface area contributed by atoms with Crippen molar-refractivity contribution in [3.05, 3.63) is 34.9 Å². The molecule has 2 fully saturated rings. The second-order valence-corrected chi connectivity index (χ2v) is 8.59. The van der Waals surface area contributed by atoms with E-state index in [1.807, 2.05) is 39.0 Å². The van der Waals surface area contributed by atoms with E-state index in [0.29, 0.717) is 31.6 Å². The van der Waals surface area contributed by atoms with E-state index in [1.54, 1.807) is 9.80 Å². The molecule has 1 aromatic rings. The molecular weight excluding hydrogens is 356 g/mol. The molecule has 2 aliphatic heterocycles. The largest absolute Gasteiger partial charge is 0.481 e. The Bertz CT molecular complexity index is 756. The molecule has 3 unspecified atom stereocenters. The summed E-state index contributed by atoms with van der Waals surface area (Å²) in [5, 5.41) is 9.36. The van der Waals surface area contributed by atoms with Gasteiger partial charge in [0, 0.05) is 31.7 Å². The molecule has 0 saturated carbocycles. The van der Waals surface area contributed by atoms with Crippen molar-refractivity contribution in [1.82, 2.24) is 9.80 Å². The molecule has 6 nitrogen and oxygen atoms in total. The number of amides is 2. The predicted molar refractivity (Wildman–Crippen MR) is 106 cm³/mol. The van der Waals surface area contributed by atoms with Crippen molar-refractivity contribution >= 4 is 17.8 Å². The first-order chi connectivity index (χ1) is 13.2. The van der Waals surface area contributed by atoms with Gasteiger partial charge in [-0.25, -0.2) is 0 Å². The average Bonchev–Trinajstić information content (AvgIpc) is 2.65. The first-order valence-corrected chi connectivity index (χ1v) is 10.1. The highest BCUT2D eigenvalue weighted by atomic mass is 16.4. The number of carboxylic acids is 1. The second kappa shape index (κ2) is 8.33. The van der Waals surface area contributed by atoms with E-state index in [2.05, 4.69) is 0 Å². The Hall–Kier alpha value is -2.37. The lowest BCUT2D eigenvalue weighted by Crippen LogP contribution is -2.51. The summed E-state index contributed by atoms with van der Waals surface area (Å²) in [5.74, 6) is -1.43. The van der Waals surface area contributed by atoms with Gasteiger partial charge in [0.25, 0.3) is 5.91 Å². The van der Waals surface area contributed by atoms with Crippen LogP contribution < -0.4 is 0 Å². The van der Waals surface area contributed by atoms with E-state index < -0.39 is 11.9 Å². The highest BCUT2D eigenvalue weighted by Gasteiger charge is 2.36. The standard InChI is InChI=1S/C22H30N2O4/c1-14-7-15(2)9-18(8-14)21(26)23-6-4-5-17(12-23)20(25)24-11-16(3)10-19(13-24)22(27)28/h7-9,16-17,19H,4-6,10-13H2,1-3H3,(H,27,28). The van der Waals surface area contributed by atoms with Crippen LogP contribution in [0.5, 0.6) is 0 Å². The van der Waals surface area contributed by atoms with Crippen LogP contribution in [-0.4, -0.2) is 58.9 Å². The molecule has 0 radical (unpaired) electrons. The van der Waals surface area contributed by atoms with Gasteiger partial charge in [0.1, 0.15) is 0 Å². The molecule has 28 heavy (non-hydrogen) atoms. The third-order valence-corrected chi connectivity index (χ3v) is 5.85. The number of carbonyl (C=O) groups is 3. The van der Waals surface area contributed by atoms with Gasteiger partial charge in [0.2, 0.25) is 5.91 Å². The number of carboxylic acid groups (broad SMARTS) is 1. The number of aliphatic carboxylic acids is 1. The van der Waals surface area contributed by atoms with Gasteiger partial charge in [-0.3, -0.25) is 14.4 Å². The first kappa shape index (κ1) is 20.4. The number of nitrogens with zero attached hydrogens (tertiary/aromatic N) is 2. The van der Waals surface area contributed by atoms with Crippen LogP contribution in [0.15, 0.2) is 18.2 Å². The number of likely N-dealkylation sites (tertiary alicyclic amines) is 2. The SMILES string of the molecule is Cc1cc(C)cc(C(=O)N2CCCC(C(=O)N3CC(C)CC(C(=O)O)C3)C2)c1. The number of carbonyl (C=O) groups excluding carboxylic acids is 2. The fourth-order valence-corrected chi connectivity index (χ4v) is 4.61. The van der Waals surface area contributed by atoms with Gasteiger partial charge in [-0.15, -0.1) is 0 Å². The Morgan fingerprint density at radius 2 is 1.61 bits per heavy atom. The zero-order valence-electron chi connectivity index (χ0n) is 17.0. The Kier molecular flexibility index (Phi) is 6.06. The topological polar surface area (TPSA) is 77.9 Å². The zero-order valence-corrected chi connectivity index (χ0v) is 17.0. The fraction of sp³-hybridized carbons (Fsp3) is 0.591. The van der Waals surface area contributed by atoms with Crippen LogP contribution in [0.2, 0.25) is 0 Å². The smallest absolute Gasteiger partial charge is 0.308 e. The van der Waals surface area contributed by atoms with Crippen molar-refractivity contribution in [3.63, 3.8) is 0 Å². The summed E-state index contributed by atoms with van der Waals surface area (Å²) in [5.41, 5.74) is 2.77. The number of piperidine rings is 2. The van der Waals surface area contributed by atoms with Crippen LogP contribution >= 0.6 is 0 Å². The minimum atomic E-state index is -0.834. The van der Waals surface area contributed by atoms with Gasteiger partial charge in [0.05, 0.1) is 11.8 Å². The lowest BCUT2D eigenvalue weighted by molar-refractivity contribution is -0.148. The summed E-state index contributed by atoms with van der Waals surface area (Å²) >= 11 is 0. The molecule has 3 atom stereocenters. The van der Waals surface area contributed by atoms with Crippen molar-refractivity contribution in [3.8, 4) is 0 Å². The number of aryl methyl sites for hydroxylation is 2. The third kappa shape index (κ3) is 4.54. The lowest BCUT2D eigenvalue weighted by atomic mass is 9.88. The molecule has 2 heterocycles. The summed E-state index contributed by atoms with van der Waals surface area (Å²) in [4.78, 5) is 40.9. The van der Waals surface area contributed by atoms with E-state index in [9.17, 15) is 19.5 Å². The Balaban J connectivity index is 1.69. The van der Waals surface area contributed by atoms with Crippen LogP contribution in [-0.2, 0) is 9.59 Å². The van der Waals surface area contributed by atoms with Gasteiger partial charge in [-0.1, -0.05) is 24.1 Å². The highest BCUT2D eigenvalue weighted by molar-refractivity contribution is 5.95. The number of hydrogen-bond acceptors (Lipinski definition) is 3. The van der Waals surface area contributed by atoms with E-state index in [1.165, 1.54) is 0 Å². The molecule has 0 bridgehead atoms. The van der Waals surface area contributed by atoms with Gasteiger partial charge < -0.3 is 14.9 Å². The van der Waals surface area contributed by atoms with Crippen LogP contribution in [0.1, 0.15) is 47.7 Å². The summed E-state index contributed by atoms with van der Waals surface area (Å²) in [6, 6.07) is 5.82. The normalized spacial score (nSPS) is 25.5. The molecule has 3 rings (SSSR count). The van der Waals surface area contributed by atoms with Crippen LogP contribution in [0.25, 0.3) is 0 Å². The molecule has 2 saturated heterocycles. The third-order valence-electron chi connectivity index (χ3n) is 5.85. The summed E-state index contributed by atoms with van der Waals surface area (Å²) in [6.45, 7) is 7.89. The molecular formula is C22H30N2O4. The molecule has 2 amide bonds. The van der Waals surface area contributed by atoms with Crippen LogP contribution in [0, 0.1) is 31.6 Å². The maximum atomic E-state index is 13.1. The Labute approximate surface area is 166 Å². The van der Waals surface area contributed by atoms with Gasteiger partial charge >= 0.3 is 5.97 Å². The zero-order chi connectivity index (χ0) is 20.4. The quantitative estimate of drug-likeness (QED) is 0.866. The summed E-state index contributed by atoms with van der Waals surface area (Å²) in [7, 11) is 0. The lowest BCUT2D eigenvalue weighted by Gasteiger charge is -2.39. The second-order valence-electron chi connectivity index (χ2n) is 8.59. The molecule has 1 N–H and O–H groups in total. The van der Waals surface area contributed by atoms with Crippen molar-refractivity contribution in [2.45, 2.75) is 40.0 Å². The number of benzene rings is 1. The first-order valence-electron chi connectivity index (χ1n) is 10.1. The van der Waals surface area contributed by atoms with Crippen LogP contribution in [0.3, 0.4) is 0 Å². The van der Waals surface area contributed by atoms with E-state index >= 15 is 0 Å². The van der Waals surface area contributed by atoms with Gasteiger partial charge in [-0.2, -0.15) is 0 Å². The fourth-order valence-electron chi connectivity index (χ4n) is 4.61. The number of hydrogen-bond donors (Lipinski definition) is 1. The molecule has 6 heteroatoms. The van der Waals surface area contributed by atoms with E-state index in [-0.39, 0.29) is 30.2 Å². The highest BCUT2D eigenvalue weighted by Crippen LogP contribution is 2.26. The maximum absolute atomic E-state index is 13.1. The van der Waals surface area contributed by atoms with Gasteiger partial charge in [0.15, 0.2) is 0 Å². The summed E-state index contributed by atoms with van der Waals surface area (Å²) in [6.07, 6.45) is 2.15. The van der Waals surface area contributed by atoms with Gasteiger partial charge in [-0.05, 0) is 51.2 Å².